The summed E-state index contributed by atoms with van der Waals surface area (Å²) in [5, 5.41) is 15.5. The number of nitrogens with zero attached hydrogens (tertiary/aromatic N) is 2. The Morgan fingerprint density at radius 3 is 2.95 bits per heavy atom. The predicted octanol–water partition coefficient (Wildman–Crippen LogP) is 1.36. The topological polar surface area (TPSA) is 76.1 Å². The molecular formula is C15H18N4O2S. The molecule has 6 nitrogen and oxygen atoms in total. The maximum atomic E-state index is 12.1. The third kappa shape index (κ3) is 3.88. The lowest BCUT2D eigenvalue weighted by Crippen LogP contribution is -2.48. The van der Waals surface area contributed by atoms with E-state index in [4.69, 9.17) is 4.74 Å². The zero-order valence-electron chi connectivity index (χ0n) is 12.3. The van der Waals surface area contributed by atoms with E-state index in [9.17, 15) is 4.79 Å². The van der Waals surface area contributed by atoms with Crippen LogP contribution in [0.5, 0.6) is 0 Å². The van der Waals surface area contributed by atoms with Crippen molar-refractivity contribution >= 4 is 22.4 Å². The van der Waals surface area contributed by atoms with Gasteiger partial charge in [-0.2, -0.15) is 0 Å². The minimum atomic E-state index is -0.321. The van der Waals surface area contributed by atoms with Crippen LogP contribution < -0.4 is 10.6 Å². The summed E-state index contributed by atoms with van der Waals surface area (Å²) in [6.45, 7) is 3.78. The molecule has 1 fully saturated rings. The van der Waals surface area contributed by atoms with Gasteiger partial charge in [0.2, 0.25) is 11.0 Å². The van der Waals surface area contributed by atoms with Crippen molar-refractivity contribution in [3.63, 3.8) is 0 Å². The van der Waals surface area contributed by atoms with Crippen LogP contribution in [-0.4, -0.2) is 41.9 Å². The third-order valence-electron chi connectivity index (χ3n) is 3.41. The van der Waals surface area contributed by atoms with Gasteiger partial charge in [-0.25, -0.2) is 0 Å². The second kappa shape index (κ2) is 6.95. The van der Waals surface area contributed by atoms with Crippen LogP contribution in [0.4, 0.5) is 5.13 Å². The molecule has 2 aromatic rings. The van der Waals surface area contributed by atoms with Gasteiger partial charge in [-0.1, -0.05) is 41.2 Å². The number of aromatic nitrogens is 2. The second-order valence-corrected chi connectivity index (χ2v) is 6.30. The Balaban J connectivity index is 1.58. The molecule has 2 heterocycles. The normalized spacial score (nSPS) is 18.1. The van der Waals surface area contributed by atoms with Gasteiger partial charge in [0.05, 0.1) is 13.2 Å². The fourth-order valence-electron chi connectivity index (χ4n) is 2.18. The lowest BCUT2D eigenvalue weighted by atomic mass is 10.1. The number of amides is 1. The van der Waals surface area contributed by atoms with Crippen LogP contribution in [0.25, 0.3) is 0 Å². The summed E-state index contributed by atoms with van der Waals surface area (Å²) in [5.41, 5.74) is 2.41. The highest BCUT2D eigenvalue weighted by Gasteiger charge is 2.22. The minimum absolute atomic E-state index is 0.127. The Labute approximate surface area is 132 Å². The SMILES string of the molecule is Cc1ccc(Cc2nnc(NC(=O)C3COCCN3)s2)cc1. The summed E-state index contributed by atoms with van der Waals surface area (Å²) in [7, 11) is 0. The molecule has 1 atom stereocenters. The van der Waals surface area contributed by atoms with Gasteiger partial charge in [0.25, 0.3) is 0 Å². The molecule has 1 aromatic carbocycles. The number of anilines is 1. The first kappa shape index (κ1) is 15.1. The maximum absolute atomic E-state index is 12.1. The van der Waals surface area contributed by atoms with Crippen molar-refractivity contribution in [1.29, 1.82) is 0 Å². The highest BCUT2D eigenvalue weighted by Crippen LogP contribution is 2.19. The van der Waals surface area contributed by atoms with Crippen LogP contribution in [0.15, 0.2) is 24.3 Å². The average molecular weight is 318 g/mol. The van der Waals surface area contributed by atoms with E-state index in [2.05, 4.69) is 52.0 Å². The summed E-state index contributed by atoms with van der Waals surface area (Å²) in [4.78, 5) is 12.1. The van der Waals surface area contributed by atoms with Crippen molar-refractivity contribution < 1.29 is 9.53 Å². The summed E-state index contributed by atoms with van der Waals surface area (Å²) in [5.74, 6) is -0.127. The Bertz CT molecular complexity index is 635. The summed E-state index contributed by atoms with van der Waals surface area (Å²) in [6.07, 6.45) is 0.721. The van der Waals surface area contributed by atoms with E-state index in [0.29, 0.717) is 24.9 Å². The molecule has 116 valence electrons. The molecule has 1 aromatic heterocycles. The van der Waals surface area contributed by atoms with Crippen LogP contribution >= 0.6 is 11.3 Å². The molecule has 0 bridgehead atoms. The standard InChI is InChI=1S/C15H18N4O2S/c1-10-2-4-11(5-3-10)8-13-18-19-15(22-13)17-14(20)12-9-21-7-6-16-12/h2-5,12,16H,6-9H2,1H3,(H,17,19,20). The summed E-state index contributed by atoms with van der Waals surface area (Å²) in [6, 6.07) is 8.00. The van der Waals surface area contributed by atoms with Gasteiger partial charge in [0.15, 0.2) is 0 Å². The van der Waals surface area contributed by atoms with Gasteiger partial charge in [-0.15, -0.1) is 10.2 Å². The molecule has 7 heteroatoms. The van der Waals surface area contributed by atoms with Crippen molar-refractivity contribution in [2.24, 2.45) is 0 Å². The molecule has 1 unspecified atom stereocenters. The maximum Gasteiger partial charge on any atom is 0.245 e. The monoisotopic (exact) mass is 318 g/mol. The third-order valence-corrected chi connectivity index (χ3v) is 4.25. The van der Waals surface area contributed by atoms with Crippen LogP contribution in [0.1, 0.15) is 16.1 Å². The van der Waals surface area contributed by atoms with Gasteiger partial charge in [-0.3, -0.25) is 10.1 Å². The van der Waals surface area contributed by atoms with Crippen molar-refractivity contribution in [3.8, 4) is 0 Å². The van der Waals surface area contributed by atoms with E-state index in [1.807, 2.05) is 0 Å². The van der Waals surface area contributed by atoms with E-state index in [0.717, 1.165) is 11.4 Å². The molecule has 0 aliphatic carbocycles. The van der Waals surface area contributed by atoms with Crippen LogP contribution in [0.3, 0.4) is 0 Å². The first-order chi connectivity index (χ1) is 10.7. The molecule has 1 aliphatic heterocycles. The zero-order chi connectivity index (χ0) is 15.4. The Kier molecular flexibility index (Phi) is 4.77. The fourth-order valence-corrected chi connectivity index (χ4v) is 2.96. The molecule has 0 radical (unpaired) electrons. The summed E-state index contributed by atoms with van der Waals surface area (Å²) < 4.78 is 5.28. The lowest BCUT2D eigenvalue weighted by molar-refractivity contribution is -0.120. The zero-order valence-corrected chi connectivity index (χ0v) is 13.2. The number of hydrogen-bond donors (Lipinski definition) is 2. The molecule has 0 saturated carbocycles. The molecule has 1 saturated heterocycles. The number of carbonyl (C=O) groups excluding carboxylic acids is 1. The van der Waals surface area contributed by atoms with Crippen LogP contribution in [0.2, 0.25) is 0 Å². The number of benzene rings is 1. The molecule has 0 spiro atoms. The Hall–Kier alpha value is -1.83. The number of rotatable bonds is 4. The summed E-state index contributed by atoms with van der Waals surface area (Å²) >= 11 is 1.40. The fraction of sp³-hybridized carbons (Fsp3) is 0.400. The number of hydrogen-bond acceptors (Lipinski definition) is 6. The minimum Gasteiger partial charge on any atom is -0.378 e. The van der Waals surface area contributed by atoms with E-state index >= 15 is 0 Å². The van der Waals surface area contributed by atoms with E-state index in [1.165, 1.54) is 22.5 Å². The van der Waals surface area contributed by atoms with E-state index in [1.54, 1.807) is 0 Å². The Morgan fingerprint density at radius 1 is 1.41 bits per heavy atom. The lowest BCUT2D eigenvalue weighted by Gasteiger charge is -2.22. The van der Waals surface area contributed by atoms with Crippen LogP contribution in [0, 0.1) is 6.92 Å². The molecule has 22 heavy (non-hydrogen) atoms. The average Bonchev–Trinajstić information content (AvgIpc) is 2.97. The number of carbonyl (C=O) groups is 1. The molecule has 3 rings (SSSR count). The first-order valence-electron chi connectivity index (χ1n) is 7.20. The highest BCUT2D eigenvalue weighted by molar-refractivity contribution is 7.15. The molecule has 2 N–H and O–H groups in total. The van der Waals surface area contributed by atoms with Gasteiger partial charge >= 0.3 is 0 Å². The predicted molar refractivity (Wildman–Crippen MR) is 85.1 cm³/mol. The second-order valence-electron chi connectivity index (χ2n) is 5.23. The van der Waals surface area contributed by atoms with Gasteiger partial charge in [0.1, 0.15) is 11.0 Å². The Morgan fingerprint density at radius 2 is 2.23 bits per heavy atom. The van der Waals surface area contributed by atoms with Crippen LogP contribution in [-0.2, 0) is 16.0 Å². The smallest absolute Gasteiger partial charge is 0.245 e. The first-order valence-corrected chi connectivity index (χ1v) is 8.02. The number of nitrogens with one attached hydrogen (secondary N) is 2. The van der Waals surface area contributed by atoms with Crippen molar-refractivity contribution in [2.45, 2.75) is 19.4 Å². The van der Waals surface area contributed by atoms with Gasteiger partial charge < -0.3 is 10.1 Å². The molecular weight excluding hydrogens is 300 g/mol. The highest BCUT2D eigenvalue weighted by atomic mass is 32.1. The molecule has 1 aliphatic rings. The van der Waals surface area contributed by atoms with E-state index < -0.39 is 0 Å². The van der Waals surface area contributed by atoms with Crippen molar-refractivity contribution in [1.82, 2.24) is 15.5 Å². The van der Waals surface area contributed by atoms with Crippen molar-refractivity contribution in [3.05, 3.63) is 40.4 Å². The van der Waals surface area contributed by atoms with E-state index in [-0.39, 0.29) is 11.9 Å². The van der Waals surface area contributed by atoms with Gasteiger partial charge in [-0.05, 0) is 12.5 Å². The largest absolute Gasteiger partial charge is 0.378 e. The molecule has 1 amide bonds. The van der Waals surface area contributed by atoms with Gasteiger partial charge in [0, 0.05) is 13.0 Å². The number of morpholine rings is 1. The number of aryl methyl sites for hydroxylation is 1. The quantitative estimate of drug-likeness (QED) is 0.890. The van der Waals surface area contributed by atoms with Crippen molar-refractivity contribution in [2.75, 3.05) is 25.1 Å². The number of ether oxygens (including phenoxy) is 1.